The fraction of sp³-hybridized carbons (Fsp3) is 0.233. The number of benzene rings is 3. The van der Waals surface area contributed by atoms with E-state index in [0.29, 0.717) is 29.2 Å². The molecule has 41 heavy (non-hydrogen) atoms. The molecule has 5 rings (SSSR count). The average molecular weight is 676 g/mol. The van der Waals surface area contributed by atoms with Gasteiger partial charge in [-0.2, -0.15) is 0 Å². The van der Waals surface area contributed by atoms with Crippen molar-refractivity contribution in [2.24, 2.45) is 0 Å². The van der Waals surface area contributed by atoms with Crippen LogP contribution < -0.4 is 4.74 Å². The molecule has 11 heteroatoms. The number of methoxy groups -OCH3 is 1. The third kappa shape index (κ3) is 5.73. The van der Waals surface area contributed by atoms with Crippen LogP contribution in [0.1, 0.15) is 57.1 Å². The van der Waals surface area contributed by atoms with Crippen LogP contribution in [0.3, 0.4) is 0 Å². The normalized spacial score (nSPS) is 16.9. The molecule has 2 aliphatic heterocycles. The number of rotatable bonds is 8. The molecule has 212 valence electrons. The van der Waals surface area contributed by atoms with E-state index in [0.717, 1.165) is 21.3 Å². The summed E-state index contributed by atoms with van der Waals surface area (Å²) in [6.07, 6.45) is 2.76. The summed E-state index contributed by atoms with van der Waals surface area (Å²) in [6.45, 7) is 0.0262. The number of nitrogens with zero attached hydrogens (tertiary/aromatic N) is 2. The van der Waals surface area contributed by atoms with E-state index in [9.17, 15) is 27.6 Å². The number of imide groups is 1. The Balaban J connectivity index is 1.41. The van der Waals surface area contributed by atoms with Gasteiger partial charge < -0.3 is 9.64 Å². The van der Waals surface area contributed by atoms with Gasteiger partial charge in [-0.25, -0.2) is 13.2 Å². The van der Waals surface area contributed by atoms with Gasteiger partial charge in [0.1, 0.15) is 5.75 Å². The van der Waals surface area contributed by atoms with E-state index in [1.165, 1.54) is 17.0 Å². The Hall–Kier alpha value is -3.71. The molecule has 1 atom stereocenters. The number of amides is 3. The highest BCUT2D eigenvalue weighted by molar-refractivity contribution is 14.1. The molecule has 3 aromatic rings. The number of hydroxylamine groups is 2. The maximum absolute atomic E-state index is 14.3. The molecule has 3 amide bonds. The lowest BCUT2D eigenvalue weighted by Crippen LogP contribution is -2.41. The molecule has 0 spiro atoms. The van der Waals surface area contributed by atoms with Gasteiger partial charge in [0.25, 0.3) is 11.8 Å². The average Bonchev–Trinajstić information content (AvgIpc) is 3.21. The number of carbonyl (C=O) groups excluding carboxylic acids is 3. The van der Waals surface area contributed by atoms with E-state index in [1.807, 2.05) is 12.1 Å². The largest absolute Gasteiger partial charge is 0.496 e. The fourth-order valence-corrected chi connectivity index (χ4v) is 5.60. The quantitative estimate of drug-likeness (QED) is 0.125. The molecule has 2 aliphatic rings. The third-order valence-corrected chi connectivity index (χ3v) is 7.92. The zero-order valence-electron chi connectivity index (χ0n) is 21.8. The topological polar surface area (TPSA) is 76.2 Å². The van der Waals surface area contributed by atoms with Crippen molar-refractivity contribution in [2.75, 3.05) is 20.3 Å². The number of carbonyl (C=O) groups is 3. The zero-order valence-corrected chi connectivity index (χ0v) is 24.0. The highest BCUT2D eigenvalue weighted by Gasteiger charge is 2.37. The number of hydrogen-bond acceptors (Lipinski definition) is 5. The zero-order chi connectivity index (χ0) is 29.3. The first-order valence-corrected chi connectivity index (χ1v) is 13.9. The lowest BCUT2D eigenvalue weighted by atomic mass is 9.95. The van der Waals surface area contributed by atoms with Gasteiger partial charge in [0.15, 0.2) is 17.5 Å². The smallest absolute Gasteiger partial charge is 0.285 e. The predicted octanol–water partition coefficient (Wildman–Crippen LogP) is 6.08. The molecule has 0 saturated carbocycles. The Morgan fingerprint density at radius 3 is 2.24 bits per heavy atom. The second kappa shape index (κ2) is 12.0. The Morgan fingerprint density at radius 2 is 1.61 bits per heavy atom. The molecule has 3 aromatic carbocycles. The minimum Gasteiger partial charge on any atom is -0.496 e. The number of ether oxygens (including phenoxy) is 1. The monoisotopic (exact) mass is 676 g/mol. The van der Waals surface area contributed by atoms with Crippen molar-refractivity contribution in [2.45, 2.75) is 25.3 Å². The van der Waals surface area contributed by atoms with Crippen molar-refractivity contribution in [1.82, 2.24) is 9.96 Å². The van der Waals surface area contributed by atoms with Crippen LogP contribution in [-0.4, -0.2) is 47.9 Å². The molecule has 0 aliphatic carbocycles. The Bertz CT molecular complexity index is 1520. The van der Waals surface area contributed by atoms with Gasteiger partial charge in [0.2, 0.25) is 5.91 Å². The van der Waals surface area contributed by atoms with Crippen molar-refractivity contribution in [1.29, 1.82) is 0 Å². The molecular weight excluding hydrogens is 652 g/mol. The molecule has 0 bridgehead atoms. The van der Waals surface area contributed by atoms with Crippen molar-refractivity contribution in [3.8, 4) is 5.75 Å². The second-order valence-electron chi connectivity index (χ2n) is 9.55. The highest BCUT2D eigenvalue weighted by atomic mass is 127. The SMILES string of the molecule is COc1cc(/C=C2\CCCN(C(CCON3C(=O)c4ccccc4C3=O)c3cc(F)c(F)c(F)c3)C2=O)ccc1I. The minimum absolute atomic E-state index is 0.0258. The van der Waals surface area contributed by atoms with Crippen LogP contribution in [0, 0.1) is 21.0 Å². The first-order valence-electron chi connectivity index (χ1n) is 12.8. The molecule has 7 nitrogen and oxygen atoms in total. The number of likely N-dealkylation sites (tertiary alicyclic amines) is 1. The number of fused-ring (bicyclic) bond motifs is 1. The van der Waals surface area contributed by atoms with Crippen molar-refractivity contribution in [3.05, 3.63) is 103 Å². The minimum atomic E-state index is -1.62. The number of halogens is 4. The van der Waals surface area contributed by atoms with Gasteiger partial charge in [-0.3, -0.25) is 19.2 Å². The summed E-state index contributed by atoms with van der Waals surface area (Å²) < 4.78 is 48.6. The molecule has 1 fully saturated rings. The Labute approximate surface area is 247 Å². The summed E-state index contributed by atoms with van der Waals surface area (Å²) >= 11 is 2.14. The molecule has 0 aromatic heterocycles. The second-order valence-corrected chi connectivity index (χ2v) is 10.7. The van der Waals surface area contributed by atoms with Gasteiger partial charge in [-0.15, -0.1) is 5.06 Å². The maximum Gasteiger partial charge on any atom is 0.285 e. The molecule has 1 saturated heterocycles. The molecule has 0 N–H and O–H groups in total. The van der Waals surface area contributed by atoms with Gasteiger partial charge >= 0.3 is 0 Å². The van der Waals surface area contributed by atoms with Crippen LogP contribution >= 0.6 is 22.6 Å². The summed E-state index contributed by atoms with van der Waals surface area (Å²) in [6, 6.07) is 12.5. The van der Waals surface area contributed by atoms with E-state index in [4.69, 9.17) is 9.57 Å². The molecule has 0 radical (unpaired) electrons. The lowest BCUT2D eigenvalue weighted by Gasteiger charge is -2.36. The maximum atomic E-state index is 14.3. The van der Waals surface area contributed by atoms with Crippen molar-refractivity contribution in [3.63, 3.8) is 0 Å². The molecule has 2 heterocycles. The first-order chi connectivity index (χ1) is 19.7. The van der Waals surface area contributed by atoms with E-state index in [1.54, 1.807) is 31.4 Å². The van der Waals surface area contributed by atoms with Crippen LogP contribution in [0.4, 0.5) is 13.2 Å². The van der Waals surface area contributed by atoms with E-state index in [2.05, 4.69) is 22.6 Å². The van der Waals surface area contributed by atoms with Gasteiger partial charge in [-0.05, 0) is 95.5 Å². The van der Waals surface area contributed by atoms with Crippen LogP contribution in [-0.2, 0) is 9.63 Å². The van der Waals surface area contributed by atoms with Crippen LogP contribution in [0.5, 0.6) is 5.75 Å². The third-order valence-electron chi connectivity index (χ3n) is 7.03. The van der Waals surface area contributed by atoms with Gasteiger partial charge in [0, 0.05) is 12.1 Å². The number of hydrogen-bond donors (Lipinski definition) is 0. The van der Waals surface area contributed by atoms with Crippen molar-refractivity contribution >= 4 is 46.4 Å². The van der Waals surface area contributed by atoms with Crippen molar-refractivity contribution < 1.29 is 37.1 Å². The predicted molar refractivity (Wildman–Crippen MR) is 151 cm³/mol. The number of piperidine rings is 1. The first kappa shape index (κ1) is 28.8. The summed E-state index contributed by atoms with van der Waals surface area (Å²) in [5.41, 5.74) is 1.65. The summed E-state index contributed by atoms with van der Waals surface area (Å²) in [5, 5.41) is 0.640. The van der Waals surface area contributed by atoms with E-state index < -0.39 is 35.3 Å². The van der Waals surface area contributed by atoms with E-state index >= 15 is 0 Å². The Morgan fingerprint density at radius 1 is 0.951 bits per heavy atom. The van der Waals surface area contributed by atoms with E-state index in [-0.39, 0.29) is 42.2 Å². The summed E-state index contributed by atoms with van der Waals surface area (Å²) in [7, 11) is 1.55. The summed E-state index contributed by atoms with van der Waals surface area (Å²) in [5.74, 6) is -5.37. The van der Waals surface area contributed by atoms with Crippen LogP contribution in [0.2, 0.25) is 0 Å². The summed E-state index contributed by atoms with van der Waals surface area (Å²) in [4.78, 5) is 46.0. The fourth-order valence-electron chi connectivity index (χ4n) is 5.04. The standard InChI is InChI=1S/C30H24F3IN2O5/c1-40-26-14-17(8-9-24(26)34)13-18-5-4-11-35(28(18)37)25(19-15-22(31)27(33)23(32)16-19)10-12-41-36-29(38)20-6-2-3-7-21(20)30(36)39/h2-3,6-9,13-16,25H,4-5,10-12H2,1H3/b18-13+. The van der Waals surface area contributed by atoms with Gasteiger partial charge in [0.05, 0.1) is 34.5 Å². The van der Waals surface area contributed by atoms with Crippen LogP contribution in [0.25, 0.3) is 6.08 Å². The molecule has 1 unspecified atom stereocenters. The Kier molecular flexibility index (Phi) is 8.45. The van der Waals surface area contributed by atoms with Crippen LogP contribution in [0.15, 0.2) is 60.2 Å². The molecular formula is C30H24F3IN2O5. The highest BCUT2D eigenvalue weighted by Crippen LogP contribution is 2.34. The lowest BCUT2D eigenvalue weighted by molar-refractivity contribution is -0.133. The van der Waals surface area contributed by atoms with Gasteiger partial charge in [-0.1, -0.05) is 18.2 Å².